The lowest BCUT2D eigenvalue weighted by Crippen LogP contribution is -2.29. The number of nitrogens with one attached hydrogen (secondary N) is 1. The first-order chi connectivity index (χ1) is 19.3. The molecule has 0 radical (unpaired) electrons. The van der Waals surface area contributed by atoms with Gasteiger partial charge in [-0.1, -0.05) is 37.8 Å². The fourth-order valence-electron chi connectivity index (χ4n) is 4.75. The number of aryl methyl sites for hydroxylation is 1. The Kier molecular flexibility index (Phi) is 9.17. The average Bonchev–Trinajstić information content (AvgIpc) is 3.34. The number of carbonyl (C=O) groups excluding carboxylic acids is 2. The molecule has 0 aliphatic heterocycles. The van der Waals surface area contributed by atoms with Crippen LogP contribution >= 0.6 is 11.6 Å². The van der Waals surface area contributed by atoms with Gasteiger partial charge in [0, 0.05) is 27.8 Å². The maximum absolute atomic E-state index is 13.5. The second-order valence-corrected chi connectivity index (χ2v) is 13.1. The predicted molar refractivity (Wildman–Crippen MR) is 149 cm³/mol. The summed E-state index contributed by atoms with van der Waals surface area (Å²) >= 11 is 5.82. The highest BCUT2D eigenvalue weighted by Crippen LogP contribution is 2.32. The molecule has 4 rings (SSSR count). The molecule has 1 fully saturated rings. The summed E-state index contributed by atoms with van der Waals surface area (Å²) in [7, 11) is -2.69. The first-order valence-corrected chi connectivity index (χ1v) is 15.3. The van der Waals surface area contributed by atoms with Crippen LogP contribution in [0.1, 0.15) is 89.9 Å². The molecule has 0 bridgehead atoms. The Labute approximate surface area is 241 Å². The molecule has 0 saturated heterocycles. The molecule has 2 aromatic heterocycles. The molecule has 2 amide bonds. The zero-order chi connectivity index (χ0) is 29.9. The number of hydrogen-bond donors (Lipinski definition) is 1. The largest absolute Gasteiger partial charge is 0.416 e. The quantitative estimate of drug-likeness (QED) is 0.345. The monoisotopic (exact) mass is 610 g/mol. The van der Waals surface area contributed by atoms with Crippen LogP contribution < -0.4 is 5.32 Å². The molecule has 2 unspecified atom stereocenters. The molecule has 9 nitrogen and oxygen atoms in total. The van der Waals surface area contributed by atoms with Crippen LogP contribution in [-0.4, -0.2) is 46.8 Å². The van der Waals surface area contributed by atoms with E-state index < -0.39 is 39.3 Å². The third-order valence-electron chi connectivity index (χ3n) is 6.90. The van der Waals surface area contributed by atoms with Gasteiger partial charge in [0.15, 0.2) is 11.6 Å². The number of benzene rings is 1. The van der Waals surface area contributed by atoms with Gasteiger partial charge in [-0.3, -0.25) is 9.59 Å². The molecule has 2 heterocycles. The minimum atomic E-state index is -4.67. The molecule has 41 heavy (non-hydrogen) atoms. The normalized spacial score (nSPS) is 16.6. The van der Waals surface area contributed by atoms with E-state index in [2.05, 4.69) is 24.7 Å². The van der Waals surface area contributed by atoms with Crippen molar-refractivity contribution < 1.29 is 27.0 Å². The van der Waals surface area contributed by atoms with Gasteiger partial charge in [0.2, 0.25) is 0 Å². The fourth-order valence-corrected chi connectivity index (χ4v) is 7.19. The summed E-state index contributed by atoms with van der Waals surface area (Å²) in [6, 6.07) is 4.83. The molecule has 1 aliphatic rings. The number of hydrogen-bond acceptors (Lipinski definition) is 6. The van der Waals surface area contributed by atoms with Gasteiger partial charge in [-0.05, 0) is 57.0 Å². The minimum absolute atomic E-state index is 0.0956. The SMILES string of the molecule is CCS(=O)(=NC(=O)c1ccc(-n2nc(C)nc2C(C)NC(=O)c2cc(Cl)cc(C(F)(F)F)c2)nc1)C1CCCCC1. The number of amides is 2. The topological polar surface area (TPSA) is 119 Å². The number of nitrogens with zero attached hydrogens (tertiary/aromatic N) is 5. The average molecular weight is 611 g/mol. The van der Waals surface area contributed by atoms with Gasteiger partial charge in [-0.15, -0.1) is 5.10 Å². The van der Waals surface area contributed by atoms with Crippen molar-refractivity contribution in [3.63, 3.8) is 0 Å². The highest BCUT2D eigenvalue weighted by atomic mass is 35.5. The standard InChI is InChI=1S/C27H30ClF3N6O3S/c1-4-41(40,22-8-6-5-7-9-22)36-26(39)18-10-11-23(32-15-18)37-24(34-17(3)35-37)16(2)33-25(38)19-12-20(27(29,30)31)14-21(28)13-19/h10-16,22H,4-9H2,1-3H3,(H,33,38). The Bertz CT molecular complexity index is 1560. The second-order valence-electron chi connectivity index (χ2n) is 9.89. The molecular formula is C27H30ClF3N6O3S. The van der Waals surface area contributed by atoms with Crippen LogP contribution in [0.15, 0.2) is 40.9 Å². The zero-order valence-corrected chi connectivity index (χ0v) is 24.3. The first-order valence-electron chi connectivity index (χ1n) is 13.2. The van der Waals surface area contributed by atoms with E-state index in [1.165, 1.54) is 23.0 Å². The van der Waals surface area contributed by atoms with E-state index in [0.717, 1.165) is 50.3 Å². The molecule has 0 spiro atoms. The third kappa shape index (κ3) is 7.13. The number of carbonyl (C=O) groups is 2. The summed E-state index contributed by atoms with van der Waals surface area (Å²) in [6.45, 7) is 5.01. The summed E-state index contributed by atoms with van der Waals surface area (Å²) in [5.74, 6) is -0.189. The van der Waals surface area contributed by atoms with Gasteiger partial charge in [-0.25, -0.2) is 14.2 Å². The van der Waals surface area contributed by atoms with Crippen LogP contribution in [0.5, 0.6) is 0 Å². The van der Waals surface area contributed by atoms with E-state index in [-0.39, 0.29) is 33.0 Å². The van der Waals surface area contributed by atoms with Crippen molar-refractivity contribution >= 4 is 33.1 Å². The first kappa shape index (κ1) is 30.6. The Morgan fingerprint density at radius 3 is 2.49 bits per heavy atom. The zero-order valence-electron chi connectivity index (χ0n) is 22.7. The molecule has 1 aliphatic carbocycles. The summed E-state index contributed by atoms with van der Waals surface area (Å²) in [5, 5.41) is 6.61. The van der Waals surface area contributed by atoms with E-state index in [4.69, 9.17) is 11.6 Å². The Hall–Kier alpha value is -3.32. The van der Waals surface area contributed by atoms with Crippen LogP contribution in [0.4, 0.5) is 13.2 Å². The van der Waals surface area contributed by atoms with Crippen LogP contribution in [0, 0.1) is 6.92 Å². The lowest BCUT2D eigenvalue weighted by atomic mass is 10.0. The molecular weight excluding hydrogens is 581 g/mol. The molecule has 1 aromatic carbocycles. The number of alkyl halides is 3. The van der Waals surface area contributed by atoms with Crippen LogP contribution in [-0.2, 0) is 15.9 Å². The predicted octanol–water partition coefficient (Wildman–Crippen LogP) is 6.09. The van der Waals surface area contributed by atoms with Crippen molar-refractivity contribution in [1.82, 2.24) is 25.1 Å². The van der Waals surface area contributed by atoms with E-state index in [1.807, 2.05) is 0 Å². The smallest absolute Gasteiger partial charge is 0.342 e. The van der Waals surface area contributed by atoms with E-state index in [0.29, 0.717) is 11.6 Å². The maximum Gasteiger partial charge on any atom is 0.416 e. The molecule has 14 heteroatoms. The van der Waals surface area contributed by atoms with Gasteiger partial charge in [0.05, 0.1) is 26.9 Å². The fraction of sp³-hybridized carbons (Fsp3) is 0.444. The summed E-state index contributed by atoms with van der Waals surface area (Å²) in [6.07, 6.45) is 1.29. The molecule has 1 saturated carbocycles. The van der Waals surface area contributed by atoms with Crippen molar-refractivity contribution in [3.05, 3.63) is 69.9 Å². The molecule has 2 atom stereocenters. The van der Waals surface area contributed by atoms with E-state index in [1.54, 1.807) is 20.8 Å². The van der Waals surface area contributed by atoms with Gasteiger partial charge in [0.1, 0.15) is 5.82 Å². The van der Waals surface area contributed by atoms with E-state index in [9.17, 15) is 27.0 Å². The number of rotatable bonds is 7. The minimum Gasteiger partial charge on any atom is -0.342 e. The van der Waals surface area contributed by atoms with Gasteiger partial charge in [-0.2, -0.15) is 22.2 Å². The second kappa shape index (κ2) is 12.3. The van der Waals surface area contributed by atoms with Crippen molar-refractivity contribution in [2.24, 2.45) is 4.36 Å². The Morgan fingerprint density at radius 2 is 1.88 bits per heavy atom. The van der Waals surface area contributed by atoms with E-state index >= 15 is 0 Å². The molecule has 1 N–H and O–H groups in total. The van der Waals surface area contributed by atoms with Gasteiger partial charge in [0.25, 0.3) is 11.8 Å². The van der Waals surface area contributed by atoms with Crippen LogP contribution in [0.25, 0.3) is 5.82 Å². The highest BCUT2D eigenvalue weighted by Gasteiger charge is 2.32. The van der Waals surface area contributed by atoms with Crippen molar-refractivity contribution in [2.75, 3.05) is 5.75 Å². The molecule has 3 aromatic rings. The Morgan fingerprint density at radius 1 is 1.17 bits per heavy atom. The third-order valence-corrected chi connectivity index (χ3v) is 9.93. The summed E-state index contributed by atoms with van der Waals surface area (Å²) in [4.78, 5) is 34.4. The highest BCUT2D eigenvalue weighted by molar-refractivity contribution is 7.94. The molecule has 220 valence electrons. The van der Waals surface area contributed by atoms with Gasteiger partial charge >= 0.3 is 6.18 Å². The maximum atomic E-state index is 13.5. The van der Waals surface area contributed by atoms with Crippen LogP contribution in [0.2, 0.25) is 5.02 Å². The summed E-state index contributed by atoms with van der Waals surface area (Å²) < 4.78 is 58.5. The Balaban J connectivity index is 1.55. The van der Waals surface area contributed by atoms with Crippen molar-refractivity contribution in [1.29, 1.82) is 0 Å². The van der Waals surface area contributed by atoms with Gasteiger partial charge < -0.3 is 5.32 Å². The summed E-state index contributed by atoms with van der Waals surface area (Å²) in [5.41, 5.74) is -1.13. The van der Waals surface area contributed by atoms with Crippen molar-refractivity contribution in [3.8, 4) is 5.82 Å². The number of halogens is 4. The number of pyridine rings is 1. The number of aromatic nitrogens is 4. The van der Waals surface area contributed by atoms with Crippen molar-refractivity contribution in [2.45, 2.75) is 70.3 Å². The lowest BCUT2D eigenvalue weighted by molar-refractivity contribution is -0.137. The van der Waals surface area contributed by atoms with Crippen LogP contribution in [0.3, 0.4) is 0 Å². The lowest BCUT2D eigenvalue weighted by Gasteiger charge is -2.24.